The molecule has 1 aromatic carbocycles. The van der Waals surface area contributed by atoms with E-state index in [9.17, 15) is 35.6 Å². The molecule has 0 aliphatic rings. The first-order valence-corrected chi connectivity index (χ1v) is 22.4. The Kier molecular flexibility index (Phi) is 14.8. The van der Waals surface area contributed by atoms with E-state index in [4.69, 9.17) is 9.84 Å². The number of anilines is 2. The number of benzene rings is 1. The van der Waals surface area contributed by atoms with E-state index < -0.39 is 68.1 Å². The molecule has 356 valence electrons. The van der Waals surface area contributed by atoms with Crippen LogP contribution in [0.15, 0.2) is 103 Å². The van der Waals surface area contributed by atoms with Crippen LogP contribution in [-0.2, 0) is 24.3 Å². The zero-order chi connectivity index (χ0) is 49.7. The maximum absolute atomic E-state index is 14.9. The number of nitrogens with one attached hydrogen (secondary N) is 3. The van der Waals surface area contributed by atoms with E-state index in [0.29, 0.717) is 16.6 Å². The van der Waals surface area contributed by atoms with Crippen molar-refractivity contribution < 1.29 is 45.4 Å². The Balaban J connectivity index is 0.000000238. The molecule has 6 aromatic heterocycles. The van der Waals surface area contributed by atoms with Gasteiger partial charge in [0.25, 0.3) is 10.0 Å². The molecule has 7 aromatic rings. The van der Waals surface area contributed by atoms with Crippen LogP contribution in [0.3, 0.4) is 0 Å². The van der Waals surface area contributed by atoms with Gasteiger partial charge in [-0.2, -0.15) is 0 Å². The Morgan fingerprint density at radius 2 is 1.31 bits per heavy atom. The normalized spacial score (nSPS) is 13.1. The van der Waals surface area contributed by atoms with E-state index >= 15 is 0 Å². The Hall–Kier alpha value is -7.55. The maximum atomic E-state index is 14.9. The summed E-state index contributed by atoms with van der Waals surface area (Å²) in [6.07, 6.45) is 12.0. The van der Waals surface area contributed by atoms with Crippen LogP contribution in [0.5, 0.6) is 0 Å². The van der Waals surface area contributed by atoms with Gasteiger partial charge in [0, 0.05) is 46.4 Å². The minimum Gasteiger partial charge on any atom is -0.478 e. The van der Waals surface area contributed by atoms with Crippen LogP contribution in [0.1, 0.15) is 54.0 Å². The van der Waals surface area contributed by atoms with Crippen molar-refractivity contribution in [2.75, 3.05) is 17.2 Å². The molecule has 7 rings (SSSR count). The van der Waals surface area contributed by atoms with Crippen molar-refractivity contribution in [2.24, 2.45) is 10.8 Å². The van der Waals surface area contributed by atoms with E-state index in [2.05, 4.69) is 45.5 Å². The smallest absolute Gasteiger partial charge is 0.330 e. The lowest BCUT2D eigenvalue weighted by atomic mass is 9.86. The third-order valence-electron chi connectivity index (χ3n) is 10.2. The molecule has 2 atom stereocenters. The number of H-pyrrole nitrogens is 1. The molecular formula is C47H48F4N10O6S. The summed E-state index contributed by atoms with van der Waals surface area (Å²) in [5.74, 6) is -4.47. The summed E-state index contributed by atoms with van der Waals surface area (Å²) in [6, 6.07) is 7.60. The fraction of sp³-hybridized carbons (Fsp3) is 0.277. The van der Waals surface area contributed by atoms with Crippen molar-refractivity contribution >= 4 is 55.7 Å². The summed E-state index contributed by atoms with van der Waals surface area (Å²) in [6.45, 7) is 15.0. The van der Waals surface area contributed by atoms with Gasteiger partial charge in [-0.25, -0.2) is 69.4 Å². The second-order valence-corrected chi connectivity index (χ2v) is 19.3. The van der Waals surface area contributed by atoms with Crippen molar-refractivity contribution in [2.45, 2.75) is 72.4 Å². The molecule has 0 amide bonds. The van der Waals surface area contributed by atoms with Gasteiger partial charge in [0.05, 0.1) is 48.4 Å². The Bertz CT molecular complexity index is 3160. The molecule has 0 aliphatic carbocycles. The summed E-state index contributed by atoms with van der Waals surface area (Å²) < 4.78 is 90.0. The van der Waals surface area contributed by atoms with Crippen LogP contribution < -0.4 is 10.6 Å². The van der Waals surface area contributed by atoms with Crippen LogP contribution in [0, 0.1) is 41.0 Å². The van der Waals surface area contributed by atoms with Crippen LogP contribution in [0.2, 0.25) is 0 Å². The second kappa shape index (κ2) is 20.1. The zero-order valence-corrected chi connectivity index (χ0v) is 39.0. The number of nitrogens with zero attached hydrogens (tertiary/aromatic N) is 7. The molecule has 21 heteroatoms. The lowest BCUT2D eigenvalue weighted by molar-refractivity contribution is -0.137. The molecule has 16 nitrogen and oxygen atoms in total. The van der Waals surface area contributed by atoms with Crippen molar-refractivity contribution in [3.63, 3.8) is 0 Å². The fourth-order valence-electron chi connectivity index (χ4n) is 6.54. The molecule has 0 unspecified atom stereocenters. The van der Waals surface area contributed by atoms with Gasteiger partial charge in [-0.1, -0.05) is 71.4 Å². The van der Waals surface area contributed by atoms with Crippen LogP contribution in [0.4, 0.5) is 29.2 Å². The van der Waals surface area contributed by atoms with Gasteiger partial charge in [-0.15, -0.1) is 0 Å². The molecule has 0 spiro atoms. The SMILES string of the molecule is CC(C)(C)[C@@H](/C=C/C(=O)O)Nc1nc(-c2c[nH]c3ncc(F)cc23)ncc1F.CCOC(=O)/C=C/[C@@H](Nc1nc(-c2cn(S(=O)(=O)c3ccc(C)cc3)c3ncc(F)cc23)ncc1F)C(C)(C)C. The minimum absolute atomic E-state index is 0.0106. The van der Waals surface area contributed by atoms with Crippen molar-refractivity contribution in [1.29, 1.82) is 0 Å². The molecule has 68 heavy (non-hydrogen) atoms. The number of carboxylic acid groups (broad SMARTS) is 1. The molecule has 0 bridgehead atoms. The topological polar surface area (TPSA) is 220 Å². The Morgan fingerprint density at radius 1 is 0.779 bits per heavy atom. The van der Waals surface area contributed by atoms with Gasteiger partial charge in [0.2, 0.25) is 0 Å². The number of pyridine rings is 2. The first kappa shape index (κ1) is 49.9. The highest BCUT2D eigenvalue weighted by molar-refractivity contribution is 7.90. The molecule has 0 saturated heterocycles. The number of hydrogen-bond donors (Lipinski definition) is 4. The van der Waals surface area contributed by atoms with Crippen LogP contribution in [0.25, 0.3) is 44.8 Å². The minimum atomic E-state index is -4.13. The summed E-state index contributed by atoms with van der Waals surface area (Å²) in [4.78, 5) is 50.2. The average molecular weight is 957 g/mol. The number of carboxylic acids is 1. The molecule has 0 aliphatic heterocycles. The third-order valence-corrected chi connectivity index (χ3v) is 11.9. The predicted octanol–water partition coefficient (Wildman–Crippen LogP) is 9.03. The number of aryl methyl sites for hydroxylation is 1. The van der Waals surface area contributed by atoms with Gasteiger partial charge in [0.15, 0.2) is 40.6 Å². The molecule has 0 radical (unpaired) electrons. The number of ether oxygens (including phenoxy) is 1. The molecule has 0 saturated carbocycles. The van der Waals surface area contributed by atoms with Crippen molar-refractivity contribution in [3.8, 4) is 22.8 Å². The number of aromatic amines is 1. The number of rotatable bonds is 13. The number of fused-ring (bicyclic) bond motifs is 2. The van der Waals surface area contributed by atoms with E-state index in [-0.39, 0.29) is 51.4 Å². The lowest BCUT2D eigenvalue weighted by Crippen LogP contribution is -2.33. The monoisotopic (exact) mass is 956 g/mol. The fourth-order valence-corrected chi connectivity index (χ4v) is 7.87. The Morgan fingerprint density at radius 3 is 1.85 bits per heavy atom. The highest BCUT2D eigenvalue weighted by atomic mass is 32.2. The highest BCUT2D eigenvalue weighted by Crippen LogP contribution is 2.33. The van der Waals surface area contributed by atoms with E-state index in [0.717, 1.165) is 46.5 Å². The molecule has 6 heterocycles. The number of carbonyl (C=O) groups is 2. The van der Waals surface area contributed by atoms with Gasteiger partial charge >= 0.3 is 11.9 Å². The molecule has 4 N–H and O–H groups in total. The van der Waals surface area contributed by atoms with E-state index in [1.165, 1.54) is 36.5 Å². The first-order valence-electron chi connectivity index (χ1n) is 20.9. The number of aliphatic carboxylic acids is 1. The molecule has 0 fully saturated rings. The number of esters is 1. The van der Waals surface area contributed by atoms with Crippen LogP contribution >= 0.6 is 0 Å². The number of hydrogen-bond acceptors (Lipinski definition) is 13. The summed E-state index contributed by atoms with van der Waals surface area (Å²) in [5, 5.41) is 15.4. The van der Waals surface area contributed by atoms with Gasteiger partial charge < -0.3 is 25.5 Å². The largest absolute Gasteiger partial charge is 0.478 e. The highest BCUT2D eigenvalue weighted by Gasteiger charge is 2.28. The van der Waals surface area contributed by atoms with Crippen molar-refractivity contribution in [1.82, 2.24) is 38.9 Å². The Labute approximate surface area is 388 Å². The second-order valence-electron chi connectivity index (χ2n) is 17.5. The maximum Gasteiger partial charge on any atom is 0.330 e. The number of halogens is 4. The average Bonchev–Trinajstić information content (AvgIpc) is 3.86. The zero-order valence-electron chi connectivity index (χ0n) is 38.1. The third kappa shape index (κ3) is 11.7. The summed E-state index contributed by atoms with van der Waals surface area (Å²) in [5.41, 5.74) is 1.000. The quantitative estimate of drug-likeness (QED) is 0.0482. The summed E-state index contributed by atoms with van der Waals surface area (Å²) in [7, 11) is -4.13. The van der Waals surface area contributed by atoms with Gasteiger partial charge in [-0.05, 0) is 48.9 Å². The number of carbonyl (C=O) groups excluding carboxylic acids is 1. The van der Waals surface area contributed by atoms with Crippen LogP contribution in [-0.4, -0.2) is 83.0 Å². The van der Waals surface area contributed by atoms with Gasteiger partial charge in [-0.3, -0.25) is 0 Å². The summed E-state index contributed by atoms with van der Waals surface area (Å²) >= 11 is 0. The van der Waals surface area contributed by atoms with E-state index in [1.54, 1.807) is 31.3 Å². The lowest BCUT2D eigenvalue weighted by Gasteiger charge is -2.29. The van der Waals surface area contributed by atoms with E-state index in [1.807, 2.05) is 48.5 Å². The number of aromatic nitrogens is 8. The van der Waals surface area contributed by atoms with Gasteiger partial charge in [0.1, 0.15) is 17.3 Å². The molecular weight excluding hydrogens is 909 g/mol. The first-order chi connectivity index (χ1) is 32.0. The van der Waals surface area contributed by atoms with Crippen molar-refractivity contribution in [3.05, 3.63) is 127 Å². The standard InChI is InChI=1S/C28H29F2N5O4S.C19H19F2N5O2/c1-6-39-24(36)12-11-23(28(3,4)5)33-26-22(30)15-31-25(34-26)21-16-35(27-20(21)13-18(29)14-32-27)40(37,38)19-9-7-17(2)8-10-19;1-19(2,3)14(4-5-15(27)28)25-18-13(21)9-24-17(26-18)12-8-23-16-11(12)6-10(20)7-22-16/h7-16,23H,6H2,1-5H3,(H,31,33,34);4-9,14H,1-3H3,(H,22,23)(H,27,28)(H,24,25,26)/b12-11+;5-4+/t23-;14-/m11/s1. The predicted molar refractivity (Wildman–Crippen MR) is 248 cm³/mol.